The molecule has 0 spiro atoms. The Morgan fingerprint density at radius 2 is 1.20 bits per heavy atom. The lowest BCUT2D eigenvalue weighted by Crippen LogP contribution is -2.34. The SMILES string of the molecule is C=C[C@@H](O)C(O)[C@@H](O)C=C. The van der Waals surface area contributed by atoms with Gasteiger partial charge in [0.25, 0.3) is 0 Å². The largest absolute Gasteiger partial charge is 0.387 e. The molecule has 0 saturated carbocycles. The first-order valence-electron chi connectivity index (χ1n) is 2.92. The number of hydrogen-bond donors (Lipinski definition) is 3. The van der Waals surface area contributed by atoms with Crippen LogP contribution in [0.3, 0.4) is 0 Å². The summed E-state index contributed by atoms with van der Waals surface area (Å²) in [5.41, 5.74) is 0. The quantitative estimate of drug-likeness (QED) is 0.463. The van der Waals surface area contributed by atoms with Gasteiger partial charge in [0.05, 0.1) is 0 Å². The van der Waals surface area contributed by atoms with Crippen LogP contribution >= 0.6 is 0 Å². The molecule has 0 saturated heterocycles. The summed E-state index contributed by atoms with van der Waals surface area (Å²) in [5, 5.41) is 26.6. The summed E-state index contributed by atoms with van der Waals surface area (Å²) in [4.78, 5) is 0. The van der Waals surface area contributed by atoms with Crippen LogP contribution in [0.2, 0.25) is 0 Å². The summed E-state index contributed by atoms with van der Waals surface area (Å²) in [6, 6.07) is 0. The van der Waals surface area contributed by atoms with Crippen LogP contribution in [0.25, 0.3) is 0 Å². The first kappa shape index (κ1) is 9.36. The molecular weight excluding hydrogens is 132 g/mol. The Bertz CT molecular complexity index is 108. The Balaban J connectivity index is 3.91. The zero-order valence-electron chi connectivity index (χ0n) is 5.64. The third-order valence-corrected chi connectivity index (χ3v) is 1.18. The van der Waals surface area contributed by atoms with Crippen LogP contribution in [-0.4, -0.2) is 33.6 Å². The smallest absolute Gasteiger partial charge is 0.113 e. The zero-order chi connectivity index (χ0) is 8.15. The van der Waals surface area contributed by atoms with Crippen LogP contribution in [0, 0.1) is 0 Å². The Morgan fingerprint density at radius 3 is 1.40 bits per heavy atom. The highest BCUT2D eigenvalue weighted by molar-refractivity contribution is 4.94. The van der Waals surface area contributed by atoms with Crippen molar-refractivity contribution in [2.24, 2.45) is 0 Å². The van der Waals surface area contributed by atoms with E-state index in [1.54, 1.807) is 0 Å². The summed E-state index contributed by atoms with van der Waals surface area (Å²) in [7, 11) is 0. The van der Waals surface area contributed by atoms with Gasteiger partial charge in [-0.2, -0.15) is 0 Å². The van der Waals surface area contributed by atoms with E-state index < -0.39 is 18.3 Å². The van der Waals surface area contributed by atoms with Crippen molar-refractivity contribution in [2.75, 3.05) is 0 Å². The molecule has 0 amide bonds. The zero-order valence-corrected chi connectivity index (χ0v) is 5.64. The molecule has 0 aromatic rings. The normalized spacial score (nSPS) is 19.1. The highest BCUT2D eigenvalue weighted by Crippen LogP contribution is 2.00. The number of hydrogen-bond acceptors (Lipinski definition) is 3. The van der Waals surface area contributed by atoms with E-state index in [9.17, 15) is 0 Å². The van der Waals surface area contributed by atoms with Gasteiger partial charge in [-0.05, 0) is 0 Å². The van der Waals surface area contributed by atoms with Gasteiger partial charge in [-0.15, -0.1) is 13.2 Å². The molecular formula is C7H12O3. The summed E-state index contributed by atoms with van der Waals surface area (Å²) in [5.74, 6) is 0. The van der Waals surface area contributed by atoms with E-state index >= 15 is 0 Å². The molecule has 0 bridgehead atoms. The van der Waals surface area contributed by atoms with Gasteiger partial charge in [-0.1, -0.05) is 12.2 Å². The summed E-state index contributed by atoms with van der Waals surface area (Å²) < 4.78 is 0. The van der Waals surface area contributed by atoms with Crippen molar-refractivity contribution in [1.82, 2.24) is 0 Å². The fourth-order valence-corrected chi connectivity index (χ4v) is 0.481. The Labute approximate surface area is 59.9 Å². The predicted molar refractivity (Wildman–Crippen MR) is 38.4 cm³/mol. The van der Waals surface area contributed by atoms with Gasteiger partial charge in [-0.3, -0.25) is 0 Å². The number of rotatable bonds is 4. The Morgan fingerprint density at radius 1 is 0.900 bits per heavy atom. The molecule has 0 aromatic carbocycles. The van der Waals surface area contributed by atoms with E-state index in [4.69, 9.17) is 15.3 Å². The van der Waals surface area contributed by atoms with Gasteiger partial charge in [0.1, 0.15) is 18.3 Å². The van der Waals surface area contributed by atoms with Gasteiger partial charge in [0, 0.05) is 0 Å². The Hall–Kier alpha value is -0.640. The first-order valence-corrected chi connectivity index (χ1v) is 2.92. The van der Waals surface area contributed by atoms with Crippen molar-refractivity contribution in [2.45, 2.75) is 18.3 Å². The van der Waals surface area contributed by atoms with E-state index in [1.165, 1.54) is 0 Å². The van der Waals surface area contributed by atoms with Crippen LogP contribution in [0.5, 0.6) is 0 Å². The van der Waals surface area contributed by atoms with E-state index in [1.807, 2.05) is 0 Å². The Kier molecular flexibility index (Phi) is 3.95. The fraction of sp³-hybridized carbons (Fsp3) is 0.429. The molecule has 0 aliphatic heterocycles. The van der Waals surface area contributed by atoms with E-state index in [2.05, 4.69) is 13.2 Å². The van der Waals surface area contributed by atoms with Gasteiger partial charge in [-0.25, -0.2) is 0 Å². The van der Waals surface area contributed by atoms with Crippen molar-refractivity contribution in [1.29, 1.82) is 0 Å². The monoisotopic (exact) mass is 144 g/mol. The molecule has 0 aromatic heterocycles. The van der Waals surface area contributed by atoms with E-state index in [-0.39, 0.29) is 0 Å². The van der Waals surface area contributed by atoms with Crippen LogP contribution in [0.4, 0.5) is 0 Å². The summed E-state index contributed by atoms with van der Waals surface area (Å²) in [6.45, 7) is 6.49. The molecule has 0 fully saturated rings. The molecule has 3 nitrogen and oxygen atoms in total. The predicted octanol–water partition coefficient (Wildman–Crippen LogP) is -0.559. The molecule has 10 heavy (non-hydrogen) atoms. The van der Waals surface area contributed by atoms with Gasteiger partial charge >= 0.3 is 0 Å². The molecule has 0 aliphatic carbocycles. The van der Waals surface area contributed by atoms with Gasteiger partial charge in [0.2, 0.25) is 0 Å². The van der Waals surface area contributed by atoms with Gasteiger partial charge in [0.15, 0.2) is 0 Å². The second kappa shape index (κ2) is 4.22. The fourth-order valence-electron chi connectivity index (χ4n) is 0.481. The van der Waals surface area contributed by atoms with Crippen molar-refractivity contribution in [3.63, 3.8) is 0 Å². The van der Waals surface area contributed by atoms with Crippen molar-refractivity contribution >= 4 is 0 Å². The average Bonchev–Trinajstić information content (AvgIpc) is 2.00. The lowest BCUT2D eigenvalue weighted by molar-refractivity contribution is -0.0207. The van der Waals surface area contributed by atoms with E-state index in [0.717, 1.165) is 12.2 Å². The van der Waals surface area contributed by atoms with Crippen LogP contribution in [0.1, 0.15) is 0 Å². The molecule has 0 rings (SSSR count). The molecule has 3 heteroatoms. The molecule has 0 heterocycles. The molecule has 1 unspecified atom stereocenters. The third-order valence-electron chi connectivity index (χ3n) is 1.18. The second-order valence-corrected chi connectivity index (χ2v) is 1.94. The van der Waals surface area contributed by atoms with E-state index in [0.29, 0.717) is 0 Å². The molecule has 0 aliphatic rings. The number of aliphatic hydroxyl groups excluding tert-OH is 3. The van der Waals surface area contributed by atoms with Crippen LogP contribution in [0.15, 0.2) is 25.3 Å². The van der Waals surface area contributed by atoms with Crippen molar-refractivity contribution in [3.05, 3.63) is 25.3 Å². The van der Waals surface area contributed by atoms with Crippen LogP contribution in [-0.2, 0) is 0 Å². The highest BCUT2D eigenvalue weighted by atomic mass is 16.4. The lowest BCUT2D eigenvalue weighted by Gasteiger charge is -2.16. The second-order valence-electron chi connectivity index (χ2n) is 1.94. The molecule has 58 valence electrons. The molecule has 0 radical (unpaired) electrons. The number of aliphatic hydroxyl groups is 3. The van der Waals surface area contributed by atoms with Crippen LogP contribution < -0.4 is 0 Å². The van der Waals surface area contributed by atoms with Crippen molar-refractivity contribution < 1.29 is 15.3 Å². The minimum Gasteiger partial charge on any atom is -0.387 e. The standard InChI is InChI=1S/C7H12O3/c1-3-5(8)7(10)6(9)4-2/h3-10H,1-2H2/t5-,6+,7?. The maximum Gasteiger partial charge on any atom is 0.113 e. The third kappa shape index (κ3) is 2.31. The summed E-state index contributed by atoms with van der Waals surface area (Å²) in [6.07, 6.45) is -1.13. The highest BCUT2D eigenvalue weighted by Gasteiger charge is 2.18. The first-order chi connectivity index (χ1) is 4.63. The topological polar surface area (TPSA) is 60.7 Å². The lowest BCUT2D eigenvalue weighted by atomic mass is 10.1. The maximum atomic E-state index is 8.94. The minimum atomic E-state index is -1.23. The minimum absolute atomic E-state index is 1.10. The average molecular weight is 144 g/mol. The molecule has 3 N–H and O–H groups in total. The van der Waals surface area contributed by atoms with Crippen molar-refractivity contribution in [3.8, 4) is 0 Å². The summed E-state index contributed by atoms with van der Waals surface area (Å²) >= 11 is 0. The maximum absolute atomic E-state index is 8.94. The van der Waals surface area contributed by atoms with Gasteiger partial charge < -0.3 is 15.3 Å². The molecule has 3 atom stereocenters.